The highest BCUT2D eigenvalue weighted by Crippen LogP contribution is 2.25. The number of aromatic nitrogens is 3. The van der Waals surface area contributed by atoms with Crippen molar-refractivity contribution in [3.63, 3.8) is 0 Å². The van der Waals surface area contributed by atoms with E-state index in [9.17, 15) is 4.79 Å². The lowest BCUT2D eigenvalue weighted by molar-refractivity contribution is -0.113. The Morgan fingerprint density at radius 2 is 1.89 bits per heavy atom. The van der Waals surface area contributed by atoms with E-state index in [1.54, 1.807) is 6.33 Å². The second-order valence-corrected chi connectivity index (χ2v) is 7.76. The number of rotatable bonds is 7. The Labute approximate surface area is 174 Å². The molecular weight excluding hydrogens is 392 g/mol. The van der Waals surface area contributed by atoms with Crippen LogP contribution in [0.4, 0.5) is 5.69 Å². The number of benzene rings is 2. The summed E-state index contributed by atoms with van der Waals surface area (Å²) in [7, 11) is 0. The van der Waals surface area contributed by atoms with Gasteiger partial charge in [0.05, 0.1) is 11.4 Å². The highest BCUT2D eigenvalue weighted by atomic mass is 35.5. The largest absolute Gasteiger partial charge is 0.325 e. The van der Waals surface area contributed by atoms with E-state index < -0.39 is 0 Å². The molecule has 0 fully saturated rings. The lowest BCUT2D eigenvalue weighted by Crippen LogP contribution is -2.17. The fourth-order valence-corrected chi connectivity index (χ4v) is 3.84. The minimum atomic E-state index is -0.0583. The Morgan fingerprint density at radius 1 is 1.18 bits per heavy atom. The number of halogens is 1. The third-order valence-corrected chi connectivity index (χ3v) is 5.90. The second kappa shape index (κ2) is 9.26. The number of anilines is 1. The van der Waals surface area contributed by atoms with E-state index in [0.29, 0.717) is 10.2 Å². The number of carbonyl (C=O) groups is 1. The van der Waals surface area contributed by atoms with Crippen molar-refractivity contribution in [2.45, 2.75) is 38.8 Å². The van der Waals surface area contributed by atoms with E-state index in [-0.39, 0.29) is 11.7 Å². The summed E-state index contributed by atoms with van der Waals surface area (Å²) >= 11 is 7.58. The molecule has 0 unspecified atom stereocenters. The van der Waals surface area contributed by atoms with Crippen LogP contribution in [0.25, 0.3) is 5.69 Å². The monoisotopic (exact) mass is 414 g/mol. The van der Waals surface area contributed by atoms with E-state index in [2.05, 4.69) is 41.5 Å². The Kier molecular flexibility index (Phi) is 6.75. The summed E-state index contributed by atoms with van der Waals surface area (Å²) in [6.45, 7) is 6.14. The van der Waals surface area contributed by atoms with Crippen LogP contribution < -0.4 is 5.32 Å². The van der Waals surface area contributed by atoms with Gasteiger partial charge in [-0.25, -0.2) is 0 Å². The van der Waals surface area contributed by atoms with E-state index in [1.165, 1.54) is 11.8 Å². The number of amides is 1. The smallest absolute Gasteiger partial charge is 0.234 e. The number of hydrogen-bond donors (Lipinski definition) is 1. The molecule has 28 heavy (non-hydrogen) atoms. The van der Waals surface area contributed by atoms with E-state index in [0.717, 1.165) is 40.9 Å². The summed E-state index contributed by atoms with van der Waals surface area (Å²) < 4.78 is 1.83. The molecular formula is C21H23ClN4OS. The van der Waals surface area contributed by atoms with Gasteiger partial charge in [-0.15, -0.1) is 10.2 Å². The first kappa shape index (κ1) is 20.4. The van der Waals surface area contributed by atoms with Gasteiger partial charge in [-0.05, 0) is 48.6 Å². The summed E-state index contributed by atoms with van der Waals surface area (Å²) in [5, 5.41) is 12.5. The summed E-state index contributed by atoms with van der Waals surface area (Å²) in [5.41, 5.74) is 5.11. The minimum Gasteiger partial charge on any atom is -0.325 e. The Balaban J connectivity index is 1.71. The number of carbonyl (C=O) groups excluding carboxylic acids is 1. The molecule has 2 aromatic carbocycles. The average molecular weight is 415 g/mol. The average Bonchev–Trinajstić information content (AvgIpc) is 3.17. The van der Waals surface area contributed by atoms with Crippen molar-refractivity contribution in [3.8, 4) is 5.69 Å². The molecule has 1 heterocycles. The molecule has 3 aromatic rings. The molecule has 0 aliphatic rings. The van der Waals surface area contributed by atoms with Gasteiger partial charge in [0.1, 0.15) is 6.33 Å². The number of nitrogens with one attached hydrogen (secondary N) is 1. The van der Waals surface area contributed by atoms with Crippen LogP contribution in [-0.2, 0) is 17.6 Å². The predicted octanol–water partition coefficient (Wildman–Crippen LogP) is 5.08. The van der Waals surface area contributed by atoms with Gasteiger partial charge in [-0.1, -0.05) is 61.5 Å². The SMILES string of the molecule is CCc1cccc(CC)c1NC(=O)CSc1nncn1-c1ccc(C)c(Cl)c1. The lowest BCUT2D eigenvalue weighted by atomic mass is 10.0. The first-order valence-electron chi connectivity index (χ1n) is 9.23. The van der Waals surface area contributed by atoms with Crippen molar-refractivity contribution in [1.82, 2.24) is 14.8 Å². The molecule has 1 aromatic heterocycles. The zero-order chi connectivity index (χ0) is 20.1. The van der Waals surface area contributed by atoms with Crippen molar-refractivity contribution in [1.29, 1.82) is 0 Å². The molecule has 0 atom stereocenters. The molecule has 5 nitrogen and oxygen atoms in total. The molecule has 3 rings (SSSR count). The number of nitrogens with zero attached hydrogens (tertiary/aromatic N) is 3. The van der Waals surface area contributed by atoms with Gasteiger partial charge >= 0.3 is 0 Å². The maximum atomic E-state index is 12.6. The van der Waals surface area contributed by atoms with Crippen LogP contribution in [0.15, 0.2) is 47.9 Å². The van der Waals surface area contributed by atoms with Gasteiger partial charge in [0.15, 0.2) is 5.16 Å². The fourth-order valence-electron chi connectivity index (χ4n) is 2.94. The first-order chi connectivity index (χ1) is 13.5. The topological polar surface area (TPSA) is 59.8 Å². The highest BCUT2D eigenvalue weighted by molar-refractivity contribution is 7.99. The Hall–Kier alpha value is -2.31. The summed E-state index contributed by atoms with van der Waals surface area (Å²) in [4.78, 5) is 12.6. The summed E-state index contributed by atoms with van der Waals surface area (Å²) in [6, 6.07) is 11.9. The predicted molar refractivity (Wildman–Crippen MR) is 116 cm³/mol. The molecule has 0 bridgehead atoms. The fraction of sp³-hybridized carbons (Fsp3) is 0.286. The van der Waals surface area contributed by atoms with Crippen LogP contribution in [0.1, 0.15) is 30.5 Å². The second-order valence-electron chi connectivity index (χ2n) is 6.41. The minimum absolute atomic E-state index is 0.0583. The summed E-state index contributed by atoms with van der Waals surface area (Å²) in [5.74, 6) is 0.191. The van der Waals surface area contributed by atoms with Crippen LogP contribution in [0.5, 0.6) is 0 Å². The van der Waals surface area contributed by atoms with Crippen LogP contribution in [0.2, 0.25) is 5.02 Å². The van der Waals surface area contributed by atoms with E-state index in [1.807, 2.05) is 35.8 Å². The lowest BCUT2D eigenvalue weighted by Gasteiger charge is -2.14. The number of para-hydroxylation sites is 1. The van der Waals surface area contributed by atoms with Gasteiger partial charge < -0.3 is 5.32 Å². The molecule has 146 valence electrons. The molecule has 7 heteroatoms. The van der Waals surface area contributed by atoms with Crippen molar-refractivity contribution in [3.05, 3.63) is 64.4 Å². The quantitative estimate of drug-likeness (QED) is 0.547. The van der Waals surface area contributed by atoms with Crippen molar-refractivity contribution < 1.29 is 4.79 Å². The standard InChI is InChI=1S/C21H23ClN4OS/c1-4-15-7-6-8-16(5-2)20(15)24-19(27)12-28-21-25-23-13-26(21)17-10-9-14(3)18(22)11-17/h6-11,13H,4-5,12H2,1-3H3,(H,24,27). The molecule has 1 N–H and O–H groups in total. The zero-order valence-electron chi connectivity index (χ0n) is 16.2. The van der Waals surface area contributed by atoms with Crippen molar-refractivity contribution >= 4 is 35.0 Å². The van der Waals surface area contributed by atoms with Gasteiger partial charge in [-0.3, -0.25) is 9.36 Å². The zero-order valence-corrected chi connectivity index (χ0v) is 17.8. The van der Waals surface area contributed by atoms with E-state index in [4.69, 9.17) is 11.6 Å². The molecule has 0 saturated heterocycles. The Morgan fingerprint density at radius 3 is 2.54 bits per heavy atom. The maximum absolute atomic E-state index is 12.6. The molecule has 0 spiro atoms. The highest BCUT2D eigenvalue weighted by Gasteiger charge is 2.13. The Bertz CT molecular complexity index is 964. The van der Waals surface area contributed by atoms with Crippen LogP contribution in [0.3, 0.4) is 0 Å². The third kappa shape index (κ3) is 4.56. The van der Waals surface area contributed by atoms with Gasteiger partial charge in [0.25, 0.3) is 0 Å². The van der Waals surface area contributed by atoms with Crippen molar-refractivity contribution in [2.24, 2.45) is 0 Å². The molecule has 0 aliphatic heterocycles. The molecule has 1 amide bonds. The van der Waals surface area contributed by atoms with Crippen LogP contribution in [0, 0.1) is 6.92 Å². The van der Waals surface area contributed by atoms with Crippen LogP contribution in [-0.4, -0.2) is 26.4 Å². The van der Waals surface area contributed by atoms with Gasteiger partial charge in [0.2, 0.25) is 5.91 Å². The number of aryl methyl sites for hydroxylation is 3. The number of thioether (sulfide) groups is 1. The maximum Gasteiger partial charge on any atom is 0.234 e. The summed E-state index contributed by atoms with van der Waals surface area (Å²) in [6.07, 6.45) is 3.38. The third-order valence-electron chi connectivity index (χ3n) is 4.55. The normalized spacial score (nSPS) is 10.9. The molecule has 0 aliphatic carbocycles. The van der Waals surface area contributed by atoms with Gasteiger partial charge in [0, 0.05) is 10.7 Å². The first-order valence-corrected chi connectivity index (χ1v) is 10.6. The van der Waals surface area contributed by atoms with Crippen LogP contribution >= 0.6 is 23.4 Å². The molecule has 0 radical (unpaired) electrons. The van der Waals surface area contributed by atoms with Crippen molar-refractivity contribution in [2.75, 3.05) is 11.1 Å². The molecule has 0 saturated carbocycles. The van der Waals surface area contributed by atoms with Gasteiger partial charge in [-0.2, -0.15) is 0 Å². The van der Waals surface area contributed by atoms with E-state index >= 15 is 0 Å². The number of hydrogen-bond acceptors (Lipinski definition) is 4.